The average molecular weight is 695 g/mol. The molecule has 0 aliphatic rings. The largest absolute Gasteiger partial charge is 0.393 e. The Hall–Kier alpha value is -1.54. The van der Waals surface area contributed by atoms with Crippen LogP contribution in [0.2, 0.25) is 0 Å². The summed E-state index contributed by atoms with van der Waals surface area (Å²) in [6.07, 6.45) is 40.7. The summed E-state index contributed by atoms with van der Waals surface area (Å²) in [5, 5.41) is 40.8. The maximum absolute atomic E-state index is 12.6. The highest BCUT2D eigenvalue weighted by Crippen LogP contribution is 2.22. The predicted molar refractivity (Wildman–Crippen MR) is 203 cm³/mol. The van der Waals surface area contributed by atoms with Crippen LogP contribution in [0.3, 0.4) is 0 Å². The van der Waals surface area contributed by atoms with Gasteiger partial charge in [0.15, 0.2) is 11.2 Å². The van der Waals surface area contributed by atoms with Crippen molar-refractivity contribution >= 4 is 11.9 Å². The summed E-state index contributed by atoms with van der Waals surface area (Å²) in [6.45, 7) is 2.73. The van der Waals surface area contributed by atoms with E-state index in [0.717, 1.165) is 77.0 Å². The van der Waals surface area contributed by atoms with Crippen LogP contribution < -0.4 is 0 Å². The number of esters is 2. The molecule has 49 heavy (non-hydrogen) atoms. The average Bonchev–Trinajstić information content (AvgIpc) is 3.10. The molecule has 0 aliphatic heterocycles. The van der Waals surface area contributed by atoms with E-state index in [2.05, 4.69) is 38.2 Å². The third kappa shape index (κ3) is 26.9. The van der Waals surface area contributed by atoms with E-state index in [1.807, 2.05) is 0 Å². The molecule has 0 fully saturated rings. The van der Waals surface area contributed by atoms with Gasteiger partial charge in [0.25, 0.3) is 0 Å². The van der Waals surface area contributed by atoms with Crippen LogP contribution in [-0.4, -0.2) is 56.8 Å². The summed E-state index contributed by atoms with van der Waals surface area (Å²) < 4.78 is 4.81. The first kappa shape index (κ1) is 47.5. The van der Waals surface area contributed by atoms with Crippen molar-refractivity contribution in [2.45, 2.75) is 218 Å². The second-order valence-corrected chi connectivity index (χ2v) is 14.4. The summed E-state index contributed by atoms with van der Waals surface area (Å²) in [6, 6.07) is 0. The molecule has 0 aromatic carbocycles. The van der Waals surface area contributed by atoms with Gasteiger partial charge in [0.05, 0.1) is 13.2 Å². The fraction of sp³-hybridized carbons (Fsp3) is 0.857. The van der Waals surface area contributed by atoms with Crippen LogP contribution in [-0.2, 0) is 14.3 Å². The van der Waals surface area contributed by atoms with Gasteiger partial charge in [-0.25, -0.2) is 9.59 Å². The van der Waals surface area contributed by atoms with Crippen molar-refractivity contribution in [1.82, 2.24) is 0 Å². The van der Waals surface area contributed by atoms with Crippen molar-refractivity contribution in [3.8, 4) is 0 Å². The Morgan fingerprint density at radius 1 is 0.429 bits per heavy atom. The smallest absolute Gasteiger partial charge is 0.348 e. The lowest BCUT2D eigenvalue weighted by atomic mass is 9.95. The molecule has 0 saturated heterocycles. The Morgan fingerprint density at radius 3 is 0.939 bits per heavy atom. The lowest BCUT2D eigenvalue weighted by molar-refractivity contribution is -0.190. The number of carbonyl (C=O) groups is 2. The fourth-order valence-corrected chi connectivity index (χ4v) is 6.10. The molecule has 0 aromatic heterocycles. The summed E-state index contributed by atoms with van der Waals surface area (Å²) in [5.74, 6) is -2.55. The van der Waals surface area contributed by atoms with E-state index in [0.29, 0.717) is 12.8 Å². The minimum atomic E-state index is -2.21. The molecular weight excluding hydrogens is 616 g/mol. The van der Waals surface area contributed by atoms with Gasteiger partial charge in [-0.3, -0.25) is 0 Å². The van der Waals surface area contributed by atoms with Crippen molar-refractivity contribution in [2.24, 2.45) is 0 Å². The van der Waals surface area contributed by atoms with Gasteiger partial charge in [0.2, 0.25) is 0 Å². The number of hydrogen-bond acceptors (Lipinski definition) is 7. The zero-order valence-electron chi connectivity index (χ0n) is 32.0. The molecule has 0 radical (unpaired) electrons. The highest BCUT2D eigenvalue weighted by molar-refractivity contribution is 5.94. The van der Waals surface area contributed by atoms with Crippen LogP contribution in [0.1, 0.15) is 206 Å². The topological polar surface area (TPSA) is 124 Å². The van der Waals surface area contributed by atoms with E-state index in [9.17, 15) is 30.0 Å². The van der Waals surface area contributed by atoms with Crippen molar-refractivity contribution in [3.63, 3.8) is 0 Å². The SMILES string of the molecule is CCCCCCCC/C=C\CCCCCCCCC(O)(CO)C(=O)OC(=O)C(O)(CO)CCCCCCCC/C=C\CCCCCCCC. The molecule has 0 heterocycles. The van der Waals surface area contributed by atoms with Gasteiger partial charge in [0.1, 0.15) is 0 Å². The van der Waals surface area contributed by atoms with E-state index in [4.69, 9.17) is 4.74 Å². The van der Waals surface area contributed by atoms with Gasteiger partial charge in [-0.1, -0.05) is 154 Å². The fourth-order valence-electron chi connectivity index (χ4n) is 6.10. The lowest BCUT2D eigenvalue weighted by Gasteiger charge is -2.27. The Morgan fingerprint density at radius 2 is 0.673 bits per heavy atom. The molecule has 0 amide bonds. The molecule has 4 N–H and O–H groups in total. The minimum Gasteiger partial charge on any atom is -0.393 e. The third-order valence-corrected chi connectivity index (χ3v) is 9.67. The van der Waals surface area contributed by atoms with Crippen molar-refractivity contribution < 1.29 is 34.8 Å². The first-order valence-corrected chi connectivity index (χ1v) is 20.5. The summed E-state index contributed by atoms with van der Waals surface area (Å²) in [7, 11) is 0. The molecule has 0 rings (SSSR count). The van der Waals surface area contributed by atoms with Crippen molar-refractivity contribution in [2.75, 3.05) is 13.2 Å². The van der Waals surface area contributed by atoms with Gasteiger partial charge in [-0.05, 0) is 77.0 Å². The van der Waals surface area contributed by atoms with Crippen LogP contribution in [0.4, 0.5) is 0 Å². The number of unbranched alkanes of at least 4 members (excludes halogenated alkanes) is 24. The molecule has 288 valence electrons. The molecule has 0 aromatic rings. The molecule has 0 saturated carbocycles. The number of aliphatic hydroxyl groups excluding tert-OH is 2. The van der Waals surface area contributed by atoms with Crippen molar-refractivity contribution in [3.05, 3.63) is 24.3 Å². The number of rotatable bonds is 36. The van der Waals surface area contributed by atoms with Gasteiger partial charge >= 0.3 is 11.9 Å². The van der Waals surface area contributed by atoms with E-state index in [1.54, 1.807) is 0 Å². The molecule has 7 heteroatoms. The van der Waals surface area contributed by atoms with E-state index in [1.165, 1.54) is 89.9 Å². The molecule has 0 bridgehead atoms. The predicted octanol–water partition coefficient (Wildman–Crippen LogP) is 10.4. The number of hydrogen-bond donors (Lipinski definition) is 4. The number of allylic oxidation sites excluding steroid dienone is 4. The monoisotopic (exact) mass is 695 g/mol. The zero-order valence-corrected chi connectivity index (χ0v) is 32.0. The number of carbonyl (C=O) groups excluding carboxylic acids is 2. The molecule has 0 aliphatic carbocycles. The third-order valence-electron chi connectivity index (χ3n) is 9.67. The zero-order chi connectivity index (χ0) is 36.3. The maximum atomic E-state index is 12.6. The second kappa shape index (κ2) is 33.6. The quantitative estimate of drug-likeness (QED) is 0.0223. The normalized spacial score (nSPS) is 14.4. The Labute approximate surface area is 301 Å². The summed E-state index contributed by atoms with van der Waals surface area (Å²) in [5.41, 5.74) is -4.42. The molecule has 2 unspecified atom stereocenters. The first-order valence-electron chi connectivity index (χ1n) is 20.5. The Balaban J connectivity index is 4.07. The van der Waals surface area contributed by atoms with Crippen LogP contribution >= 0.6 is 0 Å². The van der Waals surface area contributed by atoms with Gasteiger partial charge < -0.3 is 25.2 Å². The highest BCUT2D eigenvalue weighted by Gasteiger charge is 2.43. The second-order valence-electron chi connectivity index (χ2n) is 14.4. The van der Waals surface area contributed by atoms with E-state index in [-0.39, 0.29) is 12.8 Å². The van der Waals surface area contributed by atoms with Crippen LogP contribution in [0.5, 0.6) is 0 Å². The number of ether oxygens (including phenoxy) is 1. The highest BCUT2D eigenvalue weighted by atomic mass is 16.6. The minimum absolute atomic E-state index is 0.0384. The molecule has 2 atom stereocenters. The first-order chi connectivity index (χ1) is 23.8. The van der Waals surface area contributed by atoms with Gasteiger partial charge in [-0.2, -0.15) is 0 Å². The number of aliphatic hydroxyl groups is 4. The van der Waals surface area contributed by atoms with E-state index < -0.39 is 36.4 Å². The van der Waals surface area contributed by atoms with Crippen LogP contribution in [0.15, 0.2) is 24.3 Å². The maximum Gasteiger partial charge on any atom is 0.348 e. The van der Waals surface area contributed by atoms with Crippen LogP contribution in [0.25, 0.3) is 0 Å². The summed E-state index contributed by atoms with van der Waals surface area (Å²) in [4.78, 5) is 25.3. The standard InChI is InChI=1S/C42H78O7/c1-3-5-7-9-11-13-15-17-19-21-23-25-27-29-31-33-35-41(47,37-43)39(45)49-40(46)42(48,38-44)36-34-32-30-28-26-24-22-20-18-16-14-12-10-8-6-4-2/h17-20,43-44,47-48H,3-16,21-38H2,1-2H3/b19-17-,20-18-. The van der Waals surface area contributed by atoms with Gasteiger partial charge in [-0.15, -0.1) is 0 Å². The van der Waals surface area contributed by atoms with Crippen molar-refractivity contribution in [1.29, 1.82) is 0 Å². The Kier molecular flexibility index (Phi) is 32.5. The summed E-state index contributed by atoms with van der Waals surface area (Å²) >= 11 is 0. The van der Waals surface area contributed by atoms with Crippen LogP contribution in [0, 0.1) is 0 Å². The molecular formula is C42H78O7. The van der Waals surface area contributed by atoms with E-state index >= 15 is 0 Å². The van der Waals surface area contributed by atoms with Gasteiger partial charge in [0, 0.05) is 0 Å². The lowest BCUT2D eigenvalue weighted by Crippen LogP contribution is -2.50. The molecule has 7 nitrogen and oxygen atoms in total. The molecule has 0 spiro atoms. The Bertz CT molecular complexity index is 760.